The zero-order valence-electron chi connectivity index (χ0n) is 16.6. The van der Waals surface area contributed by atoms with Crippen molar-refractivity contribution in [3.05, 3.63) is 53.8 Å². The topological polar surface area (TPSA) is 103 Å². The van der Waals surface area contributed by atoms with Gasteiger partial charge < -0.3 is 9.26 Å². The van der Waals surface area contributed by atoms with Crippen molar-refractivity contribution < 1.29 is 32.5 Å². The zero-order chi connectivity index (χ0) is 22.1. The third kappa shape index (κ3) is 6.05. The summed E-state index contributed by atoms with van der Waals surface area (Å²) >= 11 is 0. The average Bonchev–Trinajstić information content (AvgIpc) is 3.21. The summed E-state index contributed by atoms with van der Waals surface area (Å²) in [6, 6.07) is 6.48. The molecule has 2 heterocycles. The second-order valence-corrected chi connectivity index (χ2v) is 7.94. The normalized spacial score (nSPS) is 23.7. The Morgan fingerprint density at radius 2 is 2.07 bits per heavy atom. The van der Waals surface area contributed by atoms with Gasteiger partial charge >= 0.3 is 13.9 Å². The standard InChI is InChI=1S/C18H21N2O7P.C2H2/c1-13(2)9-20(18(22)19-12-21)17-8-7-15(26-17)11-25-28(23)24-10-14-5-3-4-6-16(14)27-28;1-2/h3-9,12,15,17H,10-11H2,1-2H3,(H,19,21,22);1-2H/t15-,17+,28+;/m0./s1. The first kappa shape index (κ1) is 23.4. The summed E-state index contributed by atoms with van der Waals surface area (Å²) in [5.41, 5.74) is 1.62. The minimum Gasteiger partial charge on any atom is -0.404 e. The third-order valence-electron chi connectivity index (χ3n) is 3.85. The molecular weight excluding hydrogens is 411 g/mol. The molecule has 160 valence electrons. The van der Waals surface area contributed by atoms with Crippen molar-refractivity contribution in [3.8, 4) is 18.6 Å². The molecule has 0 spiro atoms. The van der Waals surface area contributed by atoms with Gasteiger partial charge in [-0.15, -0.1) is 12.8 Å². The number of carbonyl (C=O) groups is 2. The number of phosphoric acid groups is 1. The van der Waals surface area contributed by atoms with Crippen molar-refractivity contribution in [2.75, 3.05) is 6.61 Å². The Kier molecular flexibility index (Phi) is 8.39. The number of hydrogen-bond acceptors (Lipinski definition) is 7. The molecule has 0 unspecified atom stereocenters. The lowest BCUT2D eigenvalue weighted by Crippen LogP contribution is -2.42. The Labute approximate surface area is 175 Å². The number of nitrogens with zero attached hydrogens (tertiary/aromatic N) is 1. The first-order valence-electron chi connectivity index (χ1n) is 8.91. The van der Waals surface area contributed by atoms with Crippen LogP contribution >= 0.6 is 7.82 Å². The molecule has 0 saturated carbocycles. The number of imide groups is 1. The third-order valence-corrected chi connectivity index (χ3v) is 5.18. The summed E-state index contributed by atoms with van der Waals surface area (Å²) in [6.07, 6.45) is 11.9. The van der Waals surface area contributed by atoms with Crippen molar-refractivity contribution >= 4 is 20.3 Å². The van der Waals surface area contributed by atoms with Crippen molar-refractivity contribution in [2.45, 2.75) is 32.8 Å². The van der Waals surface area contributed by atoms with E-state index in [1.54, 1.807) is 30.5 Å². The molecule has 9 nitrogen and oxygen atoms in total. The molecule has 0 fully saturated rings. The number of fused-ring (bicyclic) bond motifs is 1. The van der Waals surface area contributed by atoms with Gasteiger partial charge in [0.15, 0.2) is 6.23 Å². The van der Waals surface area contributed by atoms with E-state index in [1.807, 2.05) is 26.0 Å². The highest BCUT2D eigenvalue weighted by Crippen LogP contribution is 2.54. The van der Waals surface area contributed by atoms with Crippen LogP contribution in [-0.4, -0.2) is 36.3 Å². The van der Waals surface area contributed by atoms with Crippen molar-refractivity contribution in [1.29, 1.82) is 0 Å². The number of ether oxygens (including phenoxy) is 1. The molecule has 1 aromatic rings. The van der Waals surface area contributed by atoms with Crippen LogP contribution < -0.4 is 9.84 Å². The highest BCUT2D eigenvalue weighted by atomic mass is 31.2. The van der Waals surface area contributed by atoms with E-state index in [-0.39, 0.29) is 13.2 Å². The molecule has 1 aromatic carbocycles. The summed E-state index contributed by atoms with van der Waals surface area (Å²) in [5.74, 6) is 0.457. The van der Waals surface area contributed by atoms with E-state index < -0.39 is 26.2 Å². The molecule has 10 heteroatoms. The molecular formula is C20H23N2O7P. The van der Waals surface area contributed by atoms with E-state index in [4.69, 9.17) is 18.3 Å². The van der Waals surface area contributed by atoms with Gasteiger partial charge in [-0.2, -0.15) is 0 Å². The van der Waals surface area contributed by atoms with Gasteiger partial charge in [-0.25, -0.2) is 9.36 Å². The second-order valence-electron chi connectivity index (χ2n) is 6.35. The number of allylic oxidation sites excluding steroid dienone is 1. The highest BCUT2D eigenvalue weighted by Gasteiger charge is 2.36. The van der Waals surface area contributed by atoms with Crippen LogP contribution in [0.2, 0.25) is 0 Å². The lowest BCUT2D eigenvalue weighted by molar-refractivity contribution is -0.109. The summed E-state index contributed by atoms with van der Waals surface area (Å²) in [4.78, 5) is 23.9. The van der Waals surface area contributed by atoms with Crippen LogP contribution in [0.4, 0.5) is 4.79 Å². The maximum Gasteiger partial charge on any atom is 0.530 e. The Balaban J connectivity index is 0.00000155. The number of para-hydroxylation sites is 1. The predicted molar refractivity (Wildman–Crippen MR) is 109 cm³/mol. The molecule has 3 rings (SSSR count). The van der Waals surface area contributed by atoms with Crippen LogP contribution in [0.15, 0.2) is 48.2 Å². The van der Waals surface area contributed by atoms with Crippen LogP contribution in [0, 0.1) is 12.8 Å². The molecule has 1 N–H and O–H groups in total. The van der Waals surface area contributed by atoms with Crippen molar-refractivity contribution in [1.82, 2.24) is 10.2 Å². The van der Waals surface area contributed by atoms with Gasteiger partial charge in [-0.3, -0.25) is 24.1 Å². The summed E-state index contributed by atoms with van der Waals surface area (Å²) in [6.45, 7) is 3.64. The van der Waals surface area contributed by atoms with Crippen molar-refractivity contribution in [2.24, 2.45) is 0 Å². The highest BCUT2D eigenvalue weighted by molar-refractivity contribution is 7.49. The molecule has 2 aliphatic heterocycles. The quantitative estimate of drug-likeness (QED) is 0.317. The Hall–Kier alpha value is -2.89. The van der Waals surface area contributed by atoms with E-state index >= 15 is 0 Å². The minimum absolute atomic E-state index is 0.0929. The lowest BCUT2D eigenvalue weighted by Gasteiger charge is -2.27. The predicted octanol–water partition coefficient (Wildman–Crippen LogP) is 3.34. The molecule has 30 heavy (non-hydrogen) atoms. The number of amides is 3. The van der Waals surface area contributed by atoms with Crippen LogP contribution in [0.25, 0.3) is 0 Å². The summed E-state index contributed by atoms with van der Waals surface area (Å²) < 4.78 is 34.4. The lowest BCUT2D eigenvalue weighted by atomic mass is 10.2. The molecule has 0 radical (unpaired) electrons. The number of phosphoric ester groups is 1. The molecule has 3 amide bonds. The van der Waals surface area contributed by atoms with Crippen LogP contribution in [0.5, 0.6) is 5.75 Å². The molecule has 0 saturated heterocycles. The van der Waals surface area contributed by atoms with E-state index in [9.17, 15) is 14.2 Å². The summed E-state index contributed by atoms with van der Waals surface area (Å²) in [7, 11) is -3.76. The number of carbonyl (C=O) groups excluding carboxylic acids is 2. The van der Waals surface area contributed by atoms with Gasteiger partial charge in [0.25, 0.3) is 0 Å². The first-order chi connectivity index (χ1) is 14.4. The number of nitrogens with one attached hydrogen (secondary N) is 1. The van der Waals surface area contributed by atoms with E-state index in [0.29, 0.717) is 12.2 Å². The monoisotopic (exact) mass is 434 g/mol. The molecule has 0 aromatic heterocycles. The van der Waals surface area contributed by atoms with Gasteiger partial charge in [-0.1, -0.05) is 29.8 Å². The van der Waals surface area contributed by atoms with Gasteiger partial charge in [0.05, 0.1) is 13.2 Å². The molecule has 0 aliphatic carbocycles. The Morgan fingerprint density at radius 1 is 1.33 bits per heavy atom. The van der Waals surface area contributed by atoms with E-state index in [2.05, 4.69) is 18.2 Å². The number of hydrogen-bond donors (Lipinski definition) is 1. The van der Waals surface area contributed by atoms with Crippen LogP contribution in [-0.2, 0) is 29.8 Å². The molecule has 0 bridgehead atoms. The van der Waals surface area contributed by atoms with Gasteiger partial charge in [0, 0.05) is 11.8 Å². The number of terminal acetylenes is 1. The number of benzene rings is 1. The fourth-order valence-corrected chi connectivity index (χ4v) is 3.85. The minimum atomic E-state index is -3.76. The van der Waals surface area contributed by atoms with Gasteiger partial charge in [-0.05, 0) is 26.0 Å². The average molecular weight is 434 g/mol. The summed E-state index contributed by atoms with van der Waals surface area (Å²) in [5, 5.41) is 2.07. The number of urea groups is 1. The fourth-order valence-electron chi connectivity index (χ4n) is 2.63. The smallest absolute Gasteiger partial charge is 0.404 e. The maximum absolute atomic E-state index is 12.6. The Morgan fingerprint density at radius 3 is 2.77 bits per heavy atom. The number of rotatable bonds is 6. The first-order valence-corrected chi connectivity index (χ1v) is 10.4. The van der Waals surface area contributed by atoms with E-state index in [0.717, 1.165) is 11.1 Å². The SMILES string of the molecule is C#C.CC(C)=CN(C(=O)NC=O)[C@H]1C=C[C@@H](CO[P@@]2(=O)OCc3ccccc3O2)O1. The largest absolute Gasteiger partial charge is 0.530 e. The van der Waals surface area contributed by atoms with Gasteiger partial charge in [0.2, 0.25) is 6.41 Å². The van der Waals surface area contributed by atoms with Crippen LogP contribution in [0.1, 0.15) is 19.4 Å². The Bertz CT molecular complexity index is 892. The fraction of sp³-hybridized carbons (Fsp3) is 0.300. The van der Waals surface area contributed by atoms with Crippen molar-refractivity contribution in [3.63, 3.8) is 0 Å². The second kappa shape index (κ2) is 10.8. The molecule has 2 aliphatic rings. The molecule has 3 atom stereocenters. The zero-order valence-corrected chi connectivity index (χ0v) is 17.5. The van der Waals surface area contributed by atoms with Gasteiger partial charge in [0.1, 0.15) is 11.9 Å². The van der Waals surface area contributed by atoms with Crippen LogP contribution in [0.3, 0.4) is 0 Å². The maximum atomic E-state index is 12.6. The van der Waals surface area contributed by atoms with E-state index in [1.165, 1.54) is 4.90 Å².